The van der Waals surface area contributed by atoms with E-state index in [9.17, 15) is 0 Å². The van der Waals surface area contributed by atoms with Crippen molar-refractivity contribution in [3.63, 3.8) is 0 Å². The van der Waals surface area contributed by atoms with Crippen molar-refractivity contribution in [2.45, 2.75) is 0 Å². The Bertz CT molecular complexity index is 80.0. The molecule has 43 valence electrons. The van der Waals surface area contributed by atoms with Crippen LogP contribution in [-0.2, 0) is 26.7 Å². The van der Waals surface area contributed by atoms with Crippen LogP contribution >= 0.6 is 0 Å². The molecule has 0 rings (SSSR count). The minimum Gasteiger partial charge on any atom is 0 e. The summed E-state index contributed by atoms with van der Waals surface area (Å²) in [6.45, 7) is 0. The van der Waals surface area contributed by atoms with Crippen molar-refractivity contribution in [1.29, 1.82) is 0 Å². The molecular formula is C2H3KMnO4. The summed E-state index contributed by atoms with van der Waals surface area (Å²) in [6, 6.07) is 0. The first kappa shape index (κ1) is 16.0. The van der Waals surface area contributed by atoms with Crippen molar-refractivity contribution in [2.24, 2.45) is 0 Å². The van der Waals surface area contributed by atoms with E-state index >= 15 is 0 Å². The zero-order chi connectivity index (χ0) is 5.15. The number of aliphatic carboxylic acids is 2. The van der Waals surface area contributed by atoms with E-state index in [0.717, 1.165) is 0 Å². The molecule has 0 atom stereocenters. The van der Waals surface area contributed by atoms with Gasteiger partial charge in [0.2, 0.25) is 0 Å². The maximum absolute atomic E-state index is 9.10. The van der Waals surface area contributed by atoms with E-state index in [0.29, 0.717) is 0 Å². The van der Waals surface area contributed by atoms with Gasteiger partial charge in [0.25, 0.3) is 0 Å². The Morgan fingerprint density at radius 3 is 1.12 bits per heavy atom. The summed E-state index contributed by atoms with van der Waals surface area (Å²) in [5.41, 5.74) is 0. The second-order valence-corrected chi connectivity index (χ2v) is 0.610. The van der Waals surface area contributed by atoms with Crippen LogP contribution < -0.4 is 0 Å². The predicted octanol–water partition coefficient (Wildman–Crippen LogP) is -1.50. The second-order valence-electron chi connectivity index (χ2n) is 0.610. The van der Waals surface area contributed by atoms with Gasteiger partial charge in [-0.1, -0.05) is 0 Å². The Balaban J connectivity index is -0.000000125. The van der Waals surface area contributed by atoms with Crippen LogP contribution in [0.3, 0.4) is 0 Å². The summed E-state index contributed by atoms with van der Waals surface area (Å²) in [4.78, 5) is 18.2. The Morgan fingerprint density at radius 2 is 1.12 bits per heavy atom. The summed E-state index contributed by atoms with van der Waals surface area (Å²) in [7, 11) is 0. The van der Waals surface area contributed by atoms with Crippen molar-refractivity contribution < 1.29 is 36.9 Å². The molecule has 2 N–H and O–H groups in total. The zero-order valence-electron chi connectivity index (χ0n) is 3.09. The van der Waals surface area contributed by atoms with E-state index in [4.69, 9.17) is 19.8 Å². The first-order valence-electron chi connectivity index (χ1n) is 1.11. The summed E-state index contributed by atoms with van der Waals surface area (Å²) >= 11 is 0. The third kappa shape index (κ3) is 10.2. The quantitative estimate of drug-likeness (QED) is 0.356. The molecule has 0 saturated heterocycles. The molecule has 0 aromatic rings. The molecule has 0 saturated carbocycles. The number of hydrogen-bond donors (Lipinski definition) is 2. The average Bonchev–Trinajstić information content (AvgIpc) is 1.36. The van der Waals surface area contributed by atoms with E-state index in [1.807, 2.05) is 0 Å². The molecule has 0 bridgehead atoms. The third-order valence-corrected chi connectivity index (χ3v) is 0.183. The van der Waals surface area contributed by atoms with E-state index in [1.54, 1.807) is 0 Å². The molecule has 0 unspecified atom stereocenters. The van der Waals surface area contributed by atoms with Crippen molar-refractivity contribution >= 4 is 63.3 Å². The standard InChI is InChI=1S/C2H2O4.K.Mn.H/c3-1(4)2(5)6;;;/h(H,3,4)(H,5,6);;;. The molecule has 0 aromatic carbocycles. The SMILES string of the molecule is O=C(O)C(=O)O.[KH].[Mn]. The van der Waals surface area contributed by atoms with E-state index in [-0.39, 0.29) is 68.5 Å². The number of rotatable bonds is 0. The molecular weight excluding hydrogens is 182 g/mol. The van der Waals surface area contributed by atoms with Gasteiger partial charge in [-0.15, -0.1) is 0 Å². The molecule has 0 aliphatic carbocycles. The van der Waals surface area contributed by atoms with Crippen LogP contribution in [0, 0.1) is 0 Å². The fourth-order valence-corrected chi connectivity index (χ4v) is 0. The Morgan fingerprint density at radius 1 is 1.00 bits per heavy atom. The average molecular weight is 185 g/mol. The van der Waals surface area contributed by atoms with Crippen molar-refractivity contribution in [2.75, 3.05) is 0 Å². The number of hydrogen-bond acceptors (Lipinski definition) is 2. The molecule has 8 heavy (non-hydrogen) atoms. The topological polar surface area (TPSA) is 74.6 Å². The van der Waals surface area contributed by atoms with Gasteiger partial charge in [0.1, 0.15) is 0 Å². The maximum Gasteiger partial charge on any atom is 0 e. The van der Waals surface area contributed by atoms with Gasteiger partial charge in [0.15, 0.2) is 0 Å². The normalized spacial score (nSPS) is 5.50. The number of carbonyl (C=O) groups is 2. The van der Waals surface area contributed by atoms with E-state index in [1.165, 1.54) is 0 Å². The summed E-state index contributed by atoms with van der Waals surface area (Å²) in [5, 5.41) is 14.8. The fourth-order valence-electron chi connectivity index (χ4n) is 0. The van der Waals surface area contributed by atoms with Crippen molar-refractivity contribution in [3.8, 4) is 0 Å². The molecule has 1 radical (unpaired) electrons. The molecule has 0 spiro atoms. The van der Waals surface area contributed by atoms with Crippen LogP contribution in [0.5, 0.6) is 0 Å². The summed E-state index contributed by atoms with van der Waals surface area (Å²) in [6.07, 6.45) is 0. The van der Waals surface area contributed by atoms with Gasteiger partial charge in [-0.05, 0) is 0 Å². The molecule has 0 heterocycles. The molecule has 0 amide bonds. The van der Waals surface area contributed by atoms with Gasteiger partial charge in [-0.2, -0.15) is 0 Å². The minimum atomic E-state index is -1.82. The van der Waals surface area contributed by atoms with Crippen LogP contribution in [0.15, 0.2) is 0 Å². The molecule has 0 aliphatic heterocycles. The number of carboxylic acids is 2. The van der Waals surface area contributed by atoms with Gasteiger partial charge in [-0.25, -0.2) is 9.59 Å². The van der Waals surface area contributed by atoms with E-state index < -0.39 is 11.9 Å². The smallest absolute Gasteiger partial charge is 0 e. The minimum absolute atomic E-state index is 0. The fraction of sp³-hybridized carbons (Fsp3) is 0. The molecule has 4 nitrogen and oxygen atoms in total. The van der Waals surface area contributed by atoms with Gasteiger partial charge >= 0.3 is 63.3 Å². The zero-order valence-corrected chi connectivity index (χ0v) is 4.27. The number of carboxylic acid groups (broad SMARTS) is 2. The van der Waals surface area contributed by atoms with Gasteiger partial charge in [0.05, 0.1) is 0 Å². The van der Waals surface area contributed by atoms with Crippen LogP contribution in [-0.4, -0.2) is 73.5 Å². The van der Waals surface area contributed by atoms with Crippen LogP contribution in [0.1, 0.15) is 0 Å². The van der Waals surface area contributed by atoms with Crippen molar-refractivity contribution in [3.05, 3.63) is 0 Å². The maximum atomic E-state index is 9.10. The second kappa shape index (κ2) is 8.10. The Hall–Kier alpha value is 1.10. The first-order chi connectivity index (χ1) is 2.64. The van der Waals surface area contributed by atoms with Gasteiger partial charge < -0.3 is 10.2 Å². The van der Waals surface area contributed by atoms with E-state index in [2.05, 4.69) is 0 Å². The predicted molar refractivity (Wildman–Crippen MR) is 22.4 cm³/mol. The largest absolute Gasteiger partial charge is 0 e. The molecule has 6 heteroatoms. The Kier molecular flexibility index (Phi) is 16.2. The molecule has 0 aromatic heterocycles. The third-order valence-electron chi connectivity index (χ3n) is 0.183. The monoisotopic (exact) mass is 185 g/mol. The van der Waals surface area contributed by atoms with Crippen LogP contribution in [0.25, 0.3) is 0 Å². The summed E-state index contributed by atoms with van der Waals surface area (Å²) < 4.78 is 0. The van der Waals surface area contributed by atoms with Crippen LogP contribution in [0.2, 0.25) is 0 Å². The Labute approximate surface area is 98.5 Å². The molecule has 0 aliphatic rings. The van der Waals surface area contributed by atoms with Crippen LogP contribution in [0.4, 0.5) is 0 Å². The van der Waals surface area contributed by atoms with Crippen molar-refractivity contribution in [1.82, 2.24) is 0 Å². The molecule has 0 fully saturated rings. The van der Waals surface area contributed by atoms with Gasteiger partial charge in [-0.3, -0.25) is 0 Å². The summed E-state index contributed by atoms with van der Waals surface area (Å²) in [5.74, 6) is -3.65. The van der Waals surface area contributed by atoms with Gasteiger partial charge in [0, 0.05) is 17.1 Å². The first-order valence-corrected chi connectivity index (χ1v) is 1.11.